The minimum Gasteiger partial charge on any atom is -0.478 e. The van der Waals surface area contributed by atoms with E-state index in [2.05, 4.69) is 5.32 Å². The number of benzene rings is 1. The SMILES string of the molecule is O=C(O)c1cc2c(cc1C(F)(F)F)CCCN2. The van der Waals surface area contributed by atoms with Gasteiger partial charge in [-0.1, -0.05) is 0 Å². The van der Waals surface area contributed by atoms with E-state index in [1.807, 2.05) is 0 Å². The quantitative estimate of drug-likeness (QED) is 0.799. The van der Waals surface area contributed by atoms with Crippen molar-refractivity contribution in [3.8, 4) is 0 Å². The molecular weight excluding hydrogens is 235 g/mol. The molecule has 0 unspecified atom stereocenters. The molecule has 1 aromatic rings. The molecule has 0 saturated heterocycles. The summed E-state index contributed by atoms with van der Waals surface area (Å²) in [7, 11) is 0. The molecule has 17 heavy (non-hydrogen) atoms. The second-order valence-corrected chi connectivity index (χ2v) is 3.89. The predicted octanol–water partition coefficient (Wildman–Crippen LogP) is 2.76. The first-order valence-corrected chi connectivity index (χ1v) is 5.11. The molecular formula is C11H10F3NO2. The van der Waals surface area contributed by atoms with E-state index in [1.165, 1.54) is 0 Å². The fourth-order valence-electron chi connectivity index (χ4n) is 1.93. The summed E-state index contributed by atoms with van der Waals surface area (Å²) in [5, 5.41) is 11.7. The van der Waals surface area contributed by atoms with Gasteiger partial charge in [-0.15, -0.1) is 0 Å². The number of carboxylic acids is 1. The largest absolute Gasteiger partial charge is 0.478 e. The normalized spacial score (nSPS) is 15.0. The van der Waals surface area contributed by atoms with Crippen LogP contribution < -0.4 is 5.32 Å². The average molecular weight is 245 g/mol. The molecule has 1 aliphatic rings. The van der Waals surface area contributed by atoms with Gasteiger partial charge in [0.25, 0.3) is 0 Å². The van der Waals surface area contributed by atoms with Crippen LogP contribution >= 0.6 is 0 Å². The van der Waals surface area contributed by atoms with Crippen molar-refractivity contribution in [1.29, 1.82) is 0 Å². The third-order valence-corrected chi connectivity index (χ3v) is 2.72. The van der Waals surface area contributed by atoms with Gasteiger partial charge in [0, 0.05) is 12.2 Å². The first kappa shape index (κ1) is 11.8. The molecule has 0 aromatic heterocycles. The fraction of sp³-hybridized carbons (Fsp3) is 0.364. The van der Waals surface area contributed by atoms with Gasteiger partial charge in [-0.25, -0.2) is 4.79 Å². The molecule has 0 amide bonds. The maximum Gasteiger partial charge on any atom is 0.417 e. The van der Waals surface area contributed by atoms with Crippen LogP contribution in [-0.2, 0) is 12.6 Å². The number of rotatable bonds is 1. The zero-order valence-electron chi connectivity index (χ0n) is 8.77. The van der Waals surface area contributed by atoms with Crippen molar-refractivity contribution in [2.24, 2.45) is 0 Å². The molecule has 3 nitrogen and oxygen atoms in total. The number of halogens is 3. The van der Waals surface area contributed by atoms with E-state index in [0.29, 0.717) is 24.2 Å². The molecule has 1 heterocycles. The average Bonchev–Trinajstić information content (AvgIpc) is 2.26. The van der Waals surface area contributed by atoms with Crippen molar-refractivity contribution in [2.45, 2.75) is 19.0 Å². The molecule has 0 bridgehead atoms. The number of nitrogens with one attached hydrogen (secondary N) is 1. The molecule has 1 aliphatic heterocycles. The Labute approximate surface area is 95.3 Å². The smallest absolute Gasteiger partial charge is 0.417 e. The van der Waals surface area contributed by atoms with Gasteiger partial charge in [-0.2, -0.15) is 13.2 Å². The van der Waals surface area contributed by atoms with Crippen molar-refractivity contribution in [3.05, 3.63) is 28.8 Å². The molecule has 0 atom stereocenters. The van der Waals surface area contributed by atoms with Gasteiger partial charge in [-0.3, -0.25) is 0 Å². The van der Waals surface area contributed by atoms with Gasteiger partial charge >= 0.3 is 12.1 Å². The number of anilines is 1. The van der Waals surface area contributed by atoms with Crippen LogP contribution in [0.4, 0.5) is 18.9 Å². The number of aromatic carboxylic acids is 1. The summed E-state index contributed by atoms with van der Waals surface area (Å²) in [6.45, 7) is 0.650. The molecule has 0 aliphatic carbocycles. The zero-order valence-corrected chi connectivity index (χ0v) is 8.77. The van der Waals surface area contributed by atoms with Crippen LogP contribution in [0.2, 0.25) is 0 Å². The molecule has 92 valence electrons. The maximum absolute atomic E-state index is 12.7. The predicted molar refractivity (Wildman–Crippen MR) is 55.2 cm³/mol. The lowest BCUT2D eigenvalue weighted by molar-refractivity contribution is -0.138. The molecule has 0 radical (unpaired) electrons. The zero-order chi connectivity index (χ0) is 12.6. The summed E-state index contributed by atoms with van der Waals surface area (Å²) in [6, 6.07) is 2.00. The molecule has 0 fully saturated rings. The summed E-state index contributed by atoms with van der Waals surface area (Å²) in [6.07, 6.45) is -3.36. The summed E-state index contributed by atoms with van der Waals surface area (Å²) < 4.78 is 38.1. The summed E-state index contributed by atoms with van der Waals surface area (Å²) in [4.78, 5) is 10.8. The third-order valence-electron chi connectivity index (χ3n) is 2.72. The van der Waals surface area contributed by atoms with Crippen molar-refractivity contribution < 1.29 is 23.1 Å². The Hall–Kier alpha value is -1.72. The summed E-state index contributed by atoms with van der Waals surface area (Å²) >= 11 is 0. The highest BCUT2D eigenvalue weighted by atomic mass is 19.4. The van der Waals surface area contributed by atoms with E-state index in [-0.39, 0.29) is 0 Å². The lowest BCUT2D eigenvalue weighted by Gasteiger charge is -2.21. The highest BCUT2D eigenvalue weighted by Gasteiger charge is 2.36. The summed E-state index contributed by atoms with van der Waals surface area (Å²) in [5.74, 6) is -1.56. The topological polar surface area (TPSA) is 49.3 Å². The van der Waals surface area contributed by atoms with Crippen molar-refractivity contribution in [2.75, 3.05) is 11.9 Å². The van der Waals surface area contributed by atoms with E-state index in [4.69, 9.17) is 5.11 Å². The highest BCUT2D eigenvalue weighted by molar-refractivity contribution is 5.91. The lowest BCUT2D eigenvalue weighted by Crippen LogP contribution is -2.18. The number of alkyl halides is 3. The second kappa shape index (κ2) is 3.94. The van der Waals surface area contributed by atoms with E-state index in [9.17, 15) is 18.0 Å². The highest BCUT2D eigenvalue weighted by Crippen LogP contribution is 2.36. The Morgan fingerprint density at radius 2 is 2.06 bits per heavy atom. The van der Waals surface area contributed by atoms with Crippen LogP contribution in [0, 0.1) is 0 Å². The Bertz CT molecular complexity index is 469. The van der Waals surface area contributed by atoms with Crippen LogP contribution in [0.1, 0.15) is 27.9 Å². The van der Waals surface area contributed by atoms with E-state index in [0.717, 1.165) is 18.6 Å². The van der Waals surface area contributed by atoms with E-state index < -0.39 is 23.3 Å². The Morgan fingerprint density at radius 3 is 2.65 bits per heavy atom. The molecule has 0 saturated carbocycles. The van der Waals surface area contributed by atoms with Crippen LogP contribution in [0.3, 0.4) is 0 Å². The van der Waals surface area contributed by atoms with Gasteiger partial charge in [-0.05, 0) is 30.5 Å². The van der Waals surface area contributed by atoms with Gasteiger partial charge in [0.1, 0.15) is 0 Å². The van der Waals surface area contributed by atoms with Crippen molar-refractivity contribution >= 4 is 11.7 Å². The fourth-order valence-corrected chi connectivity index (χ4v) is 1.93. The van der Waals surface area contributed by atoms with Gasteiger partial charge < -0.3 is 10.4 Å². The number of fused-ring (bicyclic) bond motifs is 1. The third kappa shape index (κ3) is 2.20. The minimum absolute atomic E-state index is 0.488. The van der Waals surface area contributed by atoms with Crippen LogP contribution in [0.25, 0.3) is 0 Å². The Kier molecular flexibility index (Phi) is 2.73. The molecule has 2 rings (SSSR count). The number of hydrogen-bond acceptors (Lipinski definition) is 2. The molecule has 2 N–H and O–H groups in total. The number of hydrogen-bond donors (Lipinski definition) is 2. The number of carboxylic acid groups (broad SMARTS) is 1. The van der Waals surface area contributed by atoms with Gasteiger partial charge in [0.2, 0.25) is 0 Å². The minimum atomic E-state index is -4.64. The lowest BCUT2D eigenvalue weighted by atomic mass is 9.96. The monoisotopic (exact) mass is 245 g/mol. The Morgan fingerprint density at radius 1 is 1.35 bits per heavy atom. The first-order valence-electron chi connectivity index (χ1n) is 5.11. The van der Waals surface area contributed by atoms with Gasteiger partial charge in [0.15, 0.2) is 0 Å². The van der Waals surface area contributed by atoms with Crippen LogP contribution in [-0.4, -0.2) is 17.6 Å². The Balaban J connectivity index is 2.60. The summed E-state index contributed by atoms with van der Waals surface area (Å²) in [5.41, 5.74) is -0.770. The maximum atomic E-state index is 12.7. The second-order valence-electron chi connectivity index (χ2n) is 3.89. The van der Waals surface area contributed by atoms with E-state index in [1.54, 1.807) is 0 Å². The standard InChI is InChI=1S/C11H10F3NO2/c12-11(13,14)8-4-6-2-1-3-15-9(6)5-7(8)10(16)17/h4-5,15H,1-3H2,(H,16,17). The van der Waals surface area contributed by atoms with Gasteiger partial charge in [0.05, 0.1) is 11.1 Å². The number of aryl methyl sites for hydroxylation is 1. The van der Waals surface area contributed by atoms with Crippen LogP contribution in [0.5, 0.6) is 0 Å². The van der Waals surface area contributed by atoms with E-state index >= 15 is 0 Å². The first-order chi connectivity index (χ1) is 7.89. The molecule has 0 spiro atoms. The molecule has 1 aromatic carbocycles. The van der Waals surface area contributed by atoms with Crippen molar-refractivity contribution in [1.82, 2.24) is 0 Å². The van der Waals surface area contributed by atoms with Crippen molar-refractivity contribution in [3.63, 3.8) is 0 Å². The molecule has 6 heteroatoms. The number of carbonyl (C=O) groups is 1. The van der Waals surface area contributed by atoms with Crippen LogP contribution in [0.15, 0.2) is 12.1 Å².